The van der Waals surface area contributed by atoms with E-state index >= 15 is 0 Å². The molecular formula is C15H8ClNO3. The smallest absolute Gasteiger partial charge is 0.250 e. The van der Waals surface area contributed by atoms with Gasteiger partial charge in [-0.05, 0) is 12.1 Å². The molecule has 0 aromatic heterocycles. The van der Waals surface area contributed by atoms with E-state index in [2.05, 4.69) is 0 Å². The van der Waals surface area contributed by atoms with Crippen molar-refractivity contribution in [3.63, 3.8) is 0 Å². The van der Waals surface area contributed by atoms with E-state index in [0.29, 0.717) is 5.56 Å². The number of halogens is 1. The molecule has 2 aromatic carbocycles. The Hall–Kier alpha value is -2.46. The zero-order valence-electron chi connectivity index (χ0n) is 10.1. The van der Waals surface area contributed by atoms with E-state index in [9.17, 15) is 14.4 Å². The normalized spacial score (nSPS) is 12.8. The lowest BCUT2D eigenvalue weighted by atomic mass is 9.81. The number of hydrogen-bond acceptors (Lipinski definition) is 3. The van der Waals surface area contributed by atoms with Crippen molar-refractivity contribution < 1.29 is 14.4 Å². The maximum Gasteiger partial charge on any atom is 0.250 e. The predicted octanol–water partition coefficient (Wildman–Crippen LogP) is 2.21. The summed E-state index contributed by atoms with van der Waals surface area (Å²) in [5, 5.41) is 0.0665. The van der Waals surface area contributed by atoms with Crippen LogP contribution in [0.4, 0.5) is 0 Å². The Bertz CT molecular complexity index is 796. The number of fused-ring (bicyclic) bond motifs is 2. The first-order valence-electron chi connectivity index (χ1n) is 5.83. The number of benzene rings is 2. The van der Waals surface area contributed by atoms with Crippen LogP contribution in [0.25, 0.3) is 0 Å². The van der Waals surface area contributed by atoms with Crippen LogP contribution >= 0.6 is 11.6 Å². The van der Waals surface area contributed by atoms with Gasteiger partial charge in [0.25, 0.3) is 5.91 Å². The highest BCUT2D eigenvalue weighted by Gasteiger charge is 2.33. The first-order chi connectivity index (χ1) is 9.52. The van der Waals surface area contributed by atoms with Crippen molar-refractivity contribution >= 4 is 29.1 Å². The second-order valence-electron chi connectivity index (χ2n) is 4.41. The van der Waals surface area contributed by atoms with E-state index in [1.165, 1.54) is 12.1 Å². The summed E-state index contributed by atoms with van der Waals surface area (Å²) in [6.07, 6.45) is 0. The van der Waals surface area contributed by atoms with Gasteiger partial charge in [0, 0.05) is 22.3 Å². The van der Waals surface area contributed by atoms with Gasteiger partial charge in [0.1, 0.15) is 0 Å². The van der Waals surface area contributed by atoms with E-state index in [-0.39, 0.29) is 33.1 Å². The molecule has 0 bridgehead atoms. The number of carbonyl (C=O) groups excluding carboxylic acids is 3. The van der Waals surface area contributed by atoms with Gasteiger partial charge < -0.3 is 5.73 Å². The van der Waals surface area contributed by atoms with Crippen LogP contribution < -0.4 is 5.73 Å². The van der Waals surface area contributed by atoms with Gasteiger partial charge in [-0.25, -0.2) is 0 Å². The molecule has 5 heteroatoms. The average Bonchev–Trinajstić information content (AvgIpc) is 2.44. The molecule has 0 saturated heterocycles. The highest BCUT2D eigenvalue weighted by Crippen LogP contribution is 2.32. The van der Waals surface area contributed by atoms with Crippen LogP contribution in [0.15, 0.2) is 36.4 Å². The molecule has 4 nitrogen and oxygen atoms in total. The summed E-state index contributed by atoms with van der Waals surface area (Å²) in [4.78, 5) is 36.4. The Morgan fingerprint density at radius 3 is 2.10 bits per heavy atom. The third kappa shape index (κ3) is 1.58. The molecule has 1 aliphatic carbocycles. The molecule has 0 spiro atoms. The van der Waals surface area contributed by atoms with Crippen LogP contribution in [0, 0.1) is 0 Å². The van der Waals surface area contributed by atoms with Crippen LogP contribution in [-0.4, -0.2) is 17.5 Å². The highest BCUT2D eigenvalue weighted by molar-refractivity contribution is 6.38. The van der Waals surface area contributed by atoms with Gasteiger partial charge in [0.2, 0.25) is 0 Å². The van der Waals surface area contributed by atoms with Crippen molar-refractivity contribution in [1.29, 1.82) is 0 Å². The average molecular weight is 286 g/mol. The van der Waals surface area contributed by atoms with Gasteiger partial charge in [-0.3, -0.25) is 14.4 Å². The van der Waals surface area contributed by atoms with Crippen molar-refractivity contribution in [2.75, 3.05) is 0 Å². The lowest BCUT2D eigenvalue weighted by molar-refractivity contribution is 0.0964. The molecule has 0 unspecified atom stereocenters. The number of carbonyl (C=O) groups is 3. The second-order valence-corrected chi connectivity index (χ2v) is 4.82. The summed E-state index contributed by atoms with van der Waals surface area (Å²) >= 11 is 5.93. The minimum Gasteiger partial charge on any atom is -0.366 e. The number of amides is 1. The lowest BCUT2D eigenvalue weighted by Gasteiger charge is -2.19. The third-order valence-corrected chi connectivity index (χ3v) is 3.60. The largest absolute Gasteiger partial charge is 0.366 e. The number of ketones is 2. The zero-order valence-corrected chi connectivity index (χ0v) is 10.9. The topological polar surface area (TPSA) is 77.2 Å². The molecule has 2 N–H and O–H groups in total. The quantitative estimate of drug-likeness (QED) is 0.744. The maximum absolute atomic E-state index is 12.5. The number of rotatable bonds is 1. The summed E-state index contributed by atoms with van der Waals surface area (Å²) in [5.74, 6) is -1.55. The fraction of sp³-hybridized carbons (Fsp3) is 0. The minimum absolute atomic E-state index is 0.00583. The highest BCUT2D eigenvalue weighted by atomic mass is 35.5. The van der Waals surface area contributed by atoms with Crippen molar-refractivity contribution in [3.8, 4) is 0 Å². The molecule has 1 aliphatic rings. The molecule has 20 heavy (non-hydrogen) atoms. The fourth-order valence-electron chi connectivity index (χ4n) is 2.40. The standard InChI is InChI=1S/C15H8ClNO3/c16-10-6-5-9-11(12(10)15(17)20)14(19)8-4-2-1-3-7(8)13(9)18/h1-6H,(H2,17,20). The first kappa shape index (κ1) is 12.6. The van der Waals surface area contributed by atoms with E-state index in [4.69, 9.17) is 17.3 Å². The first-order valence-corrected chi connectivity index (χ1v) is 6.21. The number of primary amides is 1. The molecule has 98 valence electrons. The maximum atomic E-state index is 12.5. The van der Waals surface area contributed by atoms with Crippen LogP contribution in [0.2, 0.25) is 5.02 Å². The molecule has 0 fully saturated rings. The Kier molecular flexibility index (Phi) is 2.69. The fourth-order valence-corrected chi connectivity index (χ4v) is 2.65. The predicted molar refractivity (Wildman–Crippen MR) is 73.3 cm³/mol. The second kappa shape index (κ2) is 4.28. The third-order valence-electron chi connectivity index (χ3n) is 3.29. The Balaban J connectivity index is 2.40. The van der Waals surface area contributed by atoms with E-state index < -0.39 is 11.7 Å². The van der Waals surface area contributed by atoms with Crippen molar-refractivity contribution in [2.24, 2.45) is 5.73 Å². The number of hydrogen-bond donors (Lipinski definition) is 1. The van der Waals surface area contributed by atoms with E-state index in [0.717, 1.165) is 0 Å². The molecule has 2 aromatic rings. The summed E-state index contributed by atoms with van der Waals surface area (Å²) in [5.41, 5.74) is 5.91. The molecule has 3 rings (SSSR count). The van der Waals surface area contributed by atoms with Gasteiger partial charge in [-0.1, -0.05) is 35.9 Å². The van der Waals surface area contributed by atoms with Crippen LogP contribution in [0.1, 0.15) is 42.2 Å². The summed E-state index contributed by atoms with van der Waals surface area (Å²) < 4.78 is 0. The van der Waals surface area contributed by atoms with Crippen LogP contribution in [0.5, 0.6) is 0 Å². The summed E-state index contributed by atoms with van der Waals surface area (Å²) in [6.45, 7) is 0. The molecule has 0 aliphatic heterocycles. The van der Waals surface area contributed by atoms with Crippen molar-refractivity contribution in [1.82, 2.24) is 0 Å². The van der Waals surface area contributed by atoms with Gasteiger partial charge in [-0.2, -0.15) is 0 Å². The summed E-state index contributed by atoms with van der Waals surface area (Å²) in [7, 11) is 0. The SMILES string of the molecule is NC(=O)c1c(Cl)ccc2c1C(=O)c1ccccc1C2=O. The van der Waals surface area contributed by atoms with Crippen molar-refractivity contribution in [3.05, 3.63) is 69.2 Å². The number of nitrogens with two attached hydrogens (primary N) is 1. The van der Waals surface area contributed by atoms with Gasteiger partial charge in [0.15, 0.2) is 11.6 Å². The van der Waals surface area contributed by atoms with Gasteiger partial charge in [-0.15, -0.1) is 0 Å². The zero-order chi connectivity index (χ0) is 14.4. The molecule has 0 radical (unpaired) electrons. The minimum atomic E-state index is -0.826. The Morgan fingerprint density at radius 1 is 0.900 bits per heavy atom. The van der Waals surface area contributed by atoms with Gasteiger partial charge in [0.05, 0.1) is 10.6 Å². The van der Waals surface area contributed by atoms with E-state index in [1.807, 2.05) is 0 Å². The molecule has 1 amide bonds. The monoisotopic (exact) mass is 285 g/mol. The molecule has 0 atom stereocenters. The molecule has 0 heterocycles. The van der Waals surface area contributed by atoms with Crippen molar-refractivity contribution in [2.45, 2.75) is 0 Å². The molecular weight excluding hydrogens is 278 g/mol. The van der Waals surface area contributed by atoms with Crippen LogP contribution in [0.3, 0.4) is 0 Å². The summed E-state index contributed by atoms with van der Waals surface area (Å²) in [6, 6.07) is 9.31. The van der Waals surface area contributed by atoms with Crippen LogP contribution in [-0.2, 0) is 0 Å². The Labute approximate surface area is 119 Å². The van der Waals surface area contributed by atoms with E-state index in [1.54, 1.807) is 24.3 Å². The molecule has 0 saturated carbocycles. The Morgan fingerprint density at radius 2 is 1.50 bits per heavy atom. The lowest BCUT2D eigenvalue weighted by Crippen LogP contribution is -2.26. The van der Waals surface area contributed by atoms with Gasteiger partial charge >= 0.3 is 0 Å².